The van der Waals surface area contributed by atoms with Crippen LogP contribution < -0.4 is 21.7 Å². The Balaban J connectivity index is 2.09. The Morgan fingerprint density at radius 1 is 1.33 bits per heavy atom. The Kier molecular flexibility index (Phi) is 6.04. The zero-order valence-electron chi connectivity index (χ0n) is 13.1. The van der Waals surface area contributed by atoms with Crippen LogP contribution in [0.1, 0.15) is 31.2 Å². The summed E-state index contributed by atoms with van der Waals surface area (Å²) in [4.78, 5) is 10.8. The Hall–Kier alpha value is -2.72. The highest BCUT2D eigenvalue weighted by Gasteiger charge is 2.18. The van der Waals surface area contributed by atoms with E-state index in [4.69, 9.17) is 21.4 Å². The molecule has 0 heterocycles. The highest BCUT2D eigenvalue weighted by molar-refractivity contribution is 5.85. The number of carboxylic acid groups (broad SMARTS) is 1. The minimum absolute atomic E-state index is 0.199. The molecule has 1 aliphatic rings. The summed E-state index contributed by atoms with van der Waals surface area (Å²) in [6.45, 7) is 0. The van der Waals surface area contributed by atoms with Gasteiger partial charge in [0.15, 0.2) is 5.70 Å². The molecule has 1 saturated carbocycles. The van der Waals surface area contributed by atoms with Crippen LogP contribution in [0.15, 0.2) is 35.8 Å². The monoisotopic (exact) mass is 333 g/mol. The van der Waals surface area contributed by atoms with E-state index in [1.807, 2.05) is 0 Å². The van der Waals surface area contributed by atoms with Crippen LogP contribution in [0.5, 0.6) is 5.75 Å². The lowest BCUT2D eigenvalue weighted by Gasteiger charge is -2.19. The number of carboxylic acids is 1. The fraction of sp³-hybridized carbons (Fsp3) is 0.353. The average Bonchev–Trinajstić information content (AvgIpc) is 2.59. The summed E-state index contributed by atoms with van der Waals surface area (Å²) in [5, 5.41) is 8.86. The quantitative estimate of drug-likeness (QED) is 0.219. The Bertz CT molecular complexity index is 686. The molecule has 0 saturated heterocycles. The van der Waals surface area contributed by atoms with E-state index in [0.29, 0.717) is 24.2 Å². The number of halogens is 1. The summed E-state index contributed by atoms with van der Waals surface area (Å²) < 4.78 is 18.5. The van der Waals surface area contributed by atoms with Crippen molar-refractivity contribution in [2.45, 2.75) is 31.9 Å². The van der Waals surface area contributed by atoms with Crippen LogP contribution in [0.4, 0.5) is 4.39 Å². The molecule has 1 aromatic rings. The van der Waals surface area contributed by atoms with Gasteiger partial charge >= 0.3 is 5.97 Å². The minimum atomic E-state index is -1.35. The predicted molar refractivity (Wildman–Crippen MR) is 87.0 cm³/mol. The first-order valence-corrected chi connectivity index (χ1v) is 7.62. The Labute approximate surface area is 139 Å². The summed E-state index contributed by atoms with van der Waals surface area (Å²) in [5.74, 6) is 10.4. The third-order valence-electron chi connectivity index (χ3n) is 3.74. The Morgan fingerprint density at radius 3 is 2.67 bits per heavy atom. The van der Waals surface area contributed by atoms with Crippen LogP contribution in [0.3, 0.4) is 0 Å². The van der Waals surface area contributed by atoms with Gasteiger partial charge in [0.1, 0.15) is 11.9 Å². The molecule has 6 N–H and O–H groups in total. The molecule has 0 aliphatic heterocycles. The molecule has 128 valence electrons. The SMILES string of the molecule is NN/C(Oc1cccc(C#CC2CCC(F)CC2)c1)=C(\N)C(=O)O. The minimum Gasteiger partial charge on any atom is -0.476 e. The zero-order chi connectivity index (χ0) is 17.5. The van der Waals surface area contributed by atoms with Gasteiger partial charge in [-0.3, -0.25) is 5.43 Å². The topological polar surface area (TPSA) is 111 Å². The van der Waals surface area contributed by atoms with Crippen molar-refractivity contribution in [2.24, 2.45) is 17.5 Å². The molecule has 24 heavy (non-hydrogen) atoms. The molecule has 0 bridgehead atoms. The van der Waals surface area contributed by atoms with Crippen molar-refractivity contribution in [2.75, 3.05) is 0 Å². The molecule has 6 nitrogen and oxygen atoms in total. The highest BCUT2D eigenvalue weighted by Crippen LogP contribution is 2.25. The van der Waals surface area contributed by atoms with Crippen LogP contribution in [0.25, 0.3) is 0 Å². The lowest BCUT2D eigenvalue weighted by molar-refractivity contribution is -0.132. The molecular weight excluding hydrogens is 313 g/mol. The molecule has 1 fully saturated rings. The molecule has 7 heteroatoms. The zero-order valence-corrected chi connectivity index (χ0v) is 13.1. The molecule has 0 amide bonds. The van der Waals surface area contributed by atoms with E-state index < -0.39 is 17.8 Å². The first-order valence-electron chi connectivity index (χ1n) is 7.62. The molecule has 0 unspecified atom stereocenters. The molecule has 0 aromatic heterocycles. The van der Waals surface area contributed by atoms with Crippen molar-refractivity contribution in [1.29, 1.82) is 0 Å². The molecule has 1 aliphatic carbocycles. The van der Waals surface area contributed by atoms with Crippen molar-refractivity contribution < 1.29 is 19.0 Å². The number of alkyl halides is 1. The molecule has 0 radical (unpaired) electrons. The fourth-order valence-corrected chi connectivity index (χ4v) is 2.40. The lowest BCUT2D eigenvalue weighted by Crippen LogP contribution is -2.31. The summed E-state index contributed by atoms with van der Waals surface area (Å²) in [7, 11) is 0. The second kappa shape index (κ2) is 8.22. The number of rotatable bonds is 4. The average molecular weight is 333 g/mol. The van der Waals surface area contributed by atoms with E-state index in [0.717, 1.165) is 12.8 Å². The number of aliphatic carboxylic acids is 1. The predicted octanol–water partition coefficient (Wildman–Crippen LogP) is 1.62. The van der Waals surface area contributed by atoms with Gasteiger partial charge in [-0.15, -0.1) is 0 Å². The maximum atomic E-state index is 13.1. The van der Waals surface area contributed by atoms with Crippen molar-refractivity contribution in [3.8, 4) is 17.6 Å². The van der Waals surface area contributed by atoms with Crippen molar-refractivity contribution in [1.82, 2.24) is 5.43 Å². The van der Waals surface area contributed by atoms with Crippen LogP contribution in [0, 0.1) is 17.8 Å². The number of benzene rings is 1. The third kappa shape index (κ3) is 4.89. The Morgan fingerprint density at radius 2 is 2.04 bits per heavy atom. The first kappa shape index (κ1) is 17.6. The van der Waals surface area contributed by atoms with Gasteiger partial charge in [0, 0.05) is 11.5 Å². The van der Waals surface area contributed by atoms with E-state index in [-0.39, 0.29) is 11.8 Å². The van der Waals surface area contributed by atoms with Gasteiger partial charge in [0.2, 0.25) is 5.88 Å². The molecule has 2 rings (SSSR count). The van der Waals surface area contributed by atoms with Crippen LogP contribution in [-0.4, -0.2) is 17.2 Å². The van der Waals surface area contributed by atoms with Gasteiger partial charge in [-0.1, -0.05) is 17.9 Å². The highest BCUT2D eigenvalue weighted by atomic mass is 19.1. The second-order valence-electron chi connectivity index (χ2n) is 5.54. The number of carbonyl (C=O) groups is 1. The largest absolute Gasteiger partial charge is 0.476 e. The van der Waals surface area contributed by atoms with Gasteiger partial charge in [-0.25, -0.2) is 15.0 Å². The normalized spacial score (nSPS) is 21.1. The van der Waals surface area contributed by atoms with E-state index in [1.54, 1.807) is 24.3 Å². The maximum Gasteiger partial charge on any atom is 0.357 e. The molecule has 0 spiro atoms. The van der Waals surface area contributed by atoms with E-state index >= 15 is 0 Å². The number of hydrazine groups is 1. The van der Waals surface area contributed by atoms with E-state index in [2.05, 4.69) is 17.3 Å². The van der Waals surface area contributed by atoms with Crippen LogP contribution >= 0.6 is 0 Å². The fourth-order valence-electron chi connectivity index (χ4n) is 2.40. The van der Waals surface area contributed by atoms with Gasteiger partial charge < -0.3 is 15.6 Å². The van der Waals surface area contributed by atoms with Gasteiger partial charge in [0.05, 0.1) is 0 Å². The number of nitrogens with one attached hydrogen (secondary N) is 1. The molecular formula is C17H20FN3O3. The second-order valence-corrected chi connectivity index (χ2v) is 5.54. The molecule has 0 atom stereocenters. The van der Waals surface area contributed by atoms with Crippen molar-refractivity contribution in [3.05, 3.63) is 41.4 Å². The lowest BCUT2D eigenvalue weighted by atomic mass is 9.88. The van der Waals surface area contributed by atoms with Crippen LogP contribution in [0.2, 0.25) is 0 Å². The van der Waals surface area contributed by atoms with Crippen molar-refractivity contribution in [3.63, 3.8) is 0 Å². The standard InChI is InChI=1S/C17H20FN3O3/c18-13-8-6-11(7-9-13)4-5-12-2-1-3-14(10-12)24-16(21-20)15(19)17(22)23/h1-3,10-11,13,21H,6-9,19-20H2,(H,22,23)/b16-15+. The van der Waals surface area contributed by atoms with Gasteiger partial charge in [-0.2, -0.15) is 0 Å². The number of ether oxygens (including phenoxy) is 1. The van der Waals surface area contributed by atoms with E-state index in [1.165, 1.54) is 0 Å². The van der Waals surface area contributed by atoms with Gasteiger partial charge in [-0.05, 0) is 43.9 Å². The third-order valence-corrected chi connectivity index (χ3v) is 3.74. The summed E-state index contributed by atoms with van der Waals surface area (Å²) in [6.07, 6.45) is 1.96. The first-order chi connectivity index (χ1) is 11.5. The van der Waals surface area contributed by atoms with E-state index in [9.17, 15) is 9.18 Å². The summed E-state index contributed by atoms with van der Waals surface area (Å²) in [5.41, 5.74) is 7.68. The van der Waals surface area contributed by atoms with Crippen LogP contribution in [-0.2, 0) is 4.79 Å². The van der Waals surface area contributed by atoms with Crippen molar-refractivity contribution >= 4 is 5.97 Å². The number of hydrogen-bond donors (Lipinski definition) is 4. The van der Waals surface area contributed by atoms with Gasteiger partial charge in [0.25, 0.3) is 0 Å². The smallest absolute Gasteiger partial charge is 0.357 e. The number of nitrogens with two attached hydrogens (primary N) is 2. The maximum absolute atomic E-state index is 13.1. The summed E-state index contributed by atoms with van der Waals surface area (Å²) in [6, 6.07) is 6.82. The number of hydrogen-bond acceptors (Lipinski definition) is 5. The molecule has 1 aromatic carbocycles. The summed E-state index contributed by atoms with van der Waals surface area (Å²) >= 11 is 0.